The lowest BCUT2D eigenvalue weighted by molar-refractivity contribution is 0.0499. The van der Waals surface area contributed by atoms with Crippen LogP contribution in [0.5, 0.6) is 0 Å². The Morgan fingerprint density at radius 3 is 2.58 bits per heavy atom. The zero-order valence-electron chi connectivity index (χ0n) is 14.5. The first-order valence-electron chi connectivity index (χ1n) is 8.81. The van der Waals surface area contributed by atoms with Gasteiger partial charge in [-0.2, -0.15) is 0 Å². The van der Waals surface area contributed by atoms with Gasteiger partial charge in [-0.05, 0) is 35.7 Å². The molecule has 6 heteroatoms. The van der Waals surface area contributed by atoms with Crippen molar-refractivity contribution in [1.82, 2.24) is 9.80 Å². The van der Waals surface area contributed by atoms with Gasteiger partial charge in [-0.25, -0.2) is 8.78 Å². The molecule has 0 aromatic heterocycles. The molecule has 1 aliphatic rings. The van der Waals surface area contributed by atoms with Crippen LogP contribution in [0.3, 0.4) is 0 Å². The summed E-state index contributed by atoms with van der Waals surface area (Å²) in [5.41, 5.74) is 1.83. The predicted molar refractivity (Wildman–Crippen MR) is 99.0 cm³/mol. The summed E-state index contributed by atoms with van der Waals surface area (Å²) in [6.07, 6.45) is 0.642. The highest BCUT2D eigenvalue weighted by atomic mass is 35.5. The van der Waals surface area contributed by atoms with Crippen molar-refractivity contribution in [2.75, 3.05) is 26.2 Å². The zero-order chi connectivity index (χ0) is 18.5. The first-order chi connectivity index (χ1) is 12.6. The van der Waals surface area contributed by atoms with Crippen molar-refractivity contribution in [2.24, 2.45) is 0 Å². The van der Waals surface area contributed by atoms with Gasteiger partial charge in [0.2, 0.25) is 0 Å². The van der Waals surface area contributed by atoms with Gasteiger partial charge in [-0.15, -0.1) is 0 Å². The van der Waals surface area contributed by atoms with Crippen molar-refractivity contribution >= 4 is 11.6 Å². The highest BCUT2D eigenvalue weighted by molar-refractivity contribution is 6.31. The number of benzene rings is 2. The van der Waals surface area contributed by atoms with Crippen LogP contribution in [-0.2, 0) is 13.1 Å². The highest BCUT2D eigenvalue weighted by Crippen LogP contribution is 2.22. The number of halogens is 3. The number of aliphatic hydroxyl groups excluding tert-OH is 1. The fraction of sp³-hybridized carbons (Fsp3) is 0.400. The highest BCUT2D eigenvalue weighted by Gasteiger charge is 2.27. The lowest BCUT2D eigenvalue weighted by Crippen LogP contribution is -2.52. The smallest absolute Gasteiger partial charge is 0.159 e. The normalized spacial score (nSPS) is 19.0. The molecule has 0 aliphatic carbocycles. The molecule has 1 fully saturated rings. The van der Waals surface area contributed by atoms with E-state index in [-0.39, 0.29) is 12.6 Å². The second-order valence-corrected chi connectivity index (χ2v) is 7.12. The minimum atomic E-state index is -0.829. The first-order valence-corrected chi connectivity index (χ1v) is 9.19. The molecule has 0 bridgehead atoms. The molecule has 140 valence electrons. The van der Waals surface area contributed by atoms with Crippen LogP contribution in [0.25, 0.3) is 0 Å². The molecular weight excluding hydrogens is 358 g/mol. The zero-order valence-corrected chi connectivity index (χ0v) is 15.3. The third kappa shape index (κ3) is 4.80. The van der Waals surface area contributed by atoms with Gasteiger partial charge in [0.25, 0.3) is 0 Å². The summed E-state index contributed by atoms with van der Waals surface area (Å²) < 4.78 is 26.6. The van der Waals surface area contributed by atoms with Gasteiger partial charge < -0.3 is 5.11 Å². The average molecular weight is 381 g/mol. The Morgan fingerprint density at radius 2 is 1.85 bits per heavy atom. The van der Waals surface area contributed by atoms with E-state index >= 15 is 0 Å². The minimum Gasteiger partial charge on any atom is -0.396 e. The number of hydrogen-bond donors (Lipinski definition) is 1. The molecule has 3 rings (SSSR count). The van der Waals surface area contributed by atoms with Gasteiger partial charge in [0, 0.05) is 50.4 Å². The van der Waals surface area contributed by atoms with E-state index in [0.717, 1.165) is 42.3 Å². The van der Waals surface area contributed by atoms with E-state index in [0.29, 0.717) is 13.0 Å². The Labute approximate surface area is 157 Å². The van der Waals surface area contributed by atoms with Crippen LogP contribution in [0.4, 0.5) is 8.78 Å². The molecule has 2 aromatic rings. The lowest BCUT2D eigenvalue weighted by atomic mass is 10.1. The SMILES string of the molecule is OCCC1CN(Cc2ccccc2Cl)CCN1Cc1ccc(F)c(F)c1. The van der Waals surface area contributed by atoms with Gasteiger partial charge in [0.15, 0.2) is 11.6 Å². The van der Waals surface area contributed by atoms with Gasteiger partial charge in [0.1, 0.15) is 0 Å². The Bertz CT molecular complexity index is 744. The molecule has 0 spiro atoms. The van der Waals surface area contributed by atoms with E-state index in [2.05, 4.69) is 9.80 Å². The van der Waals surface area contributed by atoms with Crippen LogP contribution in [0.2, 0.25) is 5.02 Å². The van der Waals surface area contributed by atoms with Crippen LogP contribution >= 0.6 is 11.6 Å². The third-order valence-electron chi connectivity index (χ3n) is 4.87. The number of piperazine rings is 1. The standard InChI is InChI=1S/C20H23ClF2N2O/c21-18-4-2-1-3-16(18)13-24-8-9-25(17(14-24)7-10-26)12-15-5-6-19(22)20(23)11-15/h1-6,11,17,26H,7-10,12-14H2. The molecule has 0 amide bonds. The molecule has 1 aliphatic heterocycles. The Hall–Kier alpha value is -1.53. The second kappa shape index (κ2) is 8.91. The van der Waals surface area contributed by atoms with Crippen molar-refractivity contribution in [2.45, 2.75) is 25.6 Å². The van der Waals surface area contributed by atoms with Gasteiger partial charge >= 0.3 is 0 Å². The maximum Gasteiger partial charge on any atom is 0.159 e. The quantitative estimate of drug-likeness (QED) is 0.828. The average Bonchev–Trinajstić information content (AvgIpc) is 2.62. The summed E-state index contributed by atoms with van der Waals surface area (Å²) >= 11 is 6.26. The van der Waals surface area contributed by atoms with E-state index in [9.17, 15) is 13.9 Å². The van der Waals surface area contributed by atoms with Gasteiger partial charge in [-0.1, -0.05) is 35.9 Å². The summed E-state index contributed by atoms with van der Waals surface area (Å²) in [5, 5.41) is 10.2. The molecule has 1 heterocycles. The molecule has 2 aromatic carbocycles. The van der Waals surface area contributed by atoms with Crippen molar-refractivity contribution in [1.29, 1.82) is 0 Å². The molecule has 0 saturated carbocycles. The summed E-state index contributed by atoms with van der Waals surface area (Å²) in [7, 11) is 0. The summed E-state index contributed by atoms with van der Waals surface area (Å²) in [6, 6.07) is 12.0. The van der Waals surface area contributed by atoms with E-state index in [4.69, 9.17) is 11.6 Å². The Morgan fingerprint density at radius 1 is 1.04 bits per heavy atom. The molecule has 26 heavy (non-hydrogen) atoms. The maximum absolute atomic E-state index is 13.5. The van der Waals surface area contributed by atoms with Gasteiger partial charge in [-0.3, -0.25) is 9.80 Å². The lowest BCUT2D eigenvalue weighted by Gasteiger charge is -2.41. The van der Waals surface area contributed by atoms with Crippen LogP contribution in [0.15, 0.2) is 42.5 Å². The largest absolute Gasteiger partial charge is 0.396 e. The van der Waals surface area contributed by atoms with E-state index in [1.165, 1.54) is 12.1 Å². The summed E-state index contributed by atoms with van der Waals surface area (Å²) in [5.74, 6) is -1.65. The summed E-state index contributed by atoms with van der Waals surface area (Å²) in [6.45, 7) is 3.86. The van der Waals surface area contributed by atoms with Crippen molar-refractivity contribution in [3.8, 4) is 0 Å². The van der Waals surface area contributed by atoms with E-state index in [1.807, 2.05) is 24.3 Å². The van der Waals surface area contributed by atoms with Crippen LogP contribution < -0.4 is 0 Å². The van der Waals surface area contributed by atoms with E-state index < -0.39 is 11.6 Å². The number of aliphatic hydroxyl groups is 1. The molecule has 3 nitrogen and oxygen atoms in total. The fourth-order valence-corrected chi connectivity index (χ4v) is 3.67. The number of hydrogen-bond acceptors (Lipinski definition) is 3. The topological polar surface area (TPSA) is 26.7 Å². The van der Waals surface area contributed by atoms with Crippen molar-refractivity contribution in [3.05, 3.63) is 70.2 Å². The first kappa shape index (κ1) is 19.2. The van der Waals surface area contributed by atoms with Gasteiger partial charge in [0.05, 0.1) is 0 Å². The molecule has 0 radical (unpaired) electrons. The molecular formula is C20H23ClF2N2O. The van der Waals surface area contributed by atoms with Crippen LogP contribution in [0.1, 0.15) is 17.5 Å². The number of nitrogens with zero attached hydrogens (tertiary/aromatic N) is 2. The van der Waals surface area contributed by atoms with E-state index in [1.54, 1.807) is 6.07 Å². The fourth-order valence-electron chi connectivity index (χ4n) is 3.47. The molecule has 1 atom stereocenters. The second-order valence-electron chi connectivity index (χ2n) is 6.71. The number of rotatable bonds is 6. The van der Waals surface area contributed by atoms with Crippen molar-refractivity contribution in [3.63, 3.8) is 0 Å². The van der Waals surface area contributed by atoms with Crippen LogP contribution in [-0.4, -0.2) is 47.2 Å². The Kier molecular flexibility index (Phi) is 6.59. The Balaban J connectivity index is 1.65. The maximum atomic E-state index is 13.5. The van der Waals surface area contributed by atoms with Crippen LogP contribution in [0, 0.1) is 11.6 Å². The monoisotopic (exact) mass is 380 g/mol. The van der Waals surface area contributed by atoms with Crippen molar-refractivity contribution < 1.29 is 13.9 Å². The minimum absolute atomic E-state index is 0.0961. The predicted octanol–water partition coefficient (Wildman–Crippen LogP) is 3.69. The molecule has 1 saturated heterocycles. The molecule has 1 unspecified atom stereocenters. The summed E-state index contributed by atoms with van der Waals surface area (Å²) in [4.78, 5) is 4.55. The third-order valence-corrected chi connectivity index (χ3v) is 5.24. The molecule has 1 N–H and O–H groups in total.